The summed E-state index contributed by atoms with van der Waals surface area (Å²) in [6.45, 7) is 7.03. The number of pyridine rings is 1. The van der Waals surface area contributed by atoms with Crippen molar-refractivity contribution in [2.24, 2.45) is 5.92 Å². The Bertz CT molecular complexity index is 1210. The van der Waals surface area contributed by atoms with Crippen LogP contribution in [0.25, 0.3) is 5.65 Å². The molecule has 2 fully saturated rings. The molecule has 2 amide bonds. The van der Waals surface area contributed by atoms with E-state index in [0.717, 1.165) is 49.1 Å². The maximum absolute atomic E-state index is 13.5. The Labute approximate surface area is 212 Å². The van der Waals surface area contributed by atoms with Crippen molar-refractivity contribution in [3.8, 4) is 0 Å². The van der Waals surface area contributed by atoms with Gasteiger partial charge in [-0.2, -0.15) is 0 Å². The number of imidazole rings is 1. The van der Waals surface area contributed by atoms with Crippen LogP contribution >= 0.6 is 0 Å². The Morgan fingerprint density at radius 1 is 1.03 bits per heavy atom. The molecule has 1 aliphatic heterocycles. The Morgan fingerprint density at radius 2 is 1.75 bits per heavy atom. The van der Waals surface area contributed by atoms with Crippen LogP contribution < -0.4 is 4.90 Å². The van der Waals surface area contributed by atoms with E-state index in [9.17, 15) is 9.59 Å². The summed E-state index contributed by atoms with van der Waals surface area (Å²) in [5.41, 5.74) is 2.59. The molecule has 0 unspecified atom stereocenters. The Kier molecular flexibility index (Phi) is 7.00. The number of hydrogen-bond acceptors (Lipinski definition) is 6. The van der Waals surface area contributed by atoms with Gasteiger partial charge in [0.1, 0.15) is 11.5 Å². The van der Waals surface area contributed by atoms with E-state index >= 15 is 0 Å². The van der Waals surface area contributed by atoms with Crippen molar-refractivity contribution in [3.63, 3.8) is 0 Å². The Hall–Kier alpha value is -3.33. The van der Waals surface area contributed by atoms with Crippen LogP contribution in [-0.2, 0) is 6.42 Å². The highest BCUT2D eigenvalue weighted by Gasteiger charge is 2.29. The van der Waals surface area contributed by atoms with Gasteiger partial charge in [-0.15, -0.1) is 0 Å². The van der Waals surface area contributed by atoms with Gasteiger partial charge in [0, 0.05) is 52.0 Å². The molecule has 1 saturated heterocycles. The molecule has 0 atom stereocenters. The molecule has 1 aliphatic carbocycles. The minimum Gasteiger partial charge on any atom is -0.459 e. The predicted octanol–water partition coefficient (Wildman–Crippen LogP) is 2.87. The first kappa shape index (κ1) is 24.4. The number of aryl methyl sites for hydroxylation is 1. The van der Waals surface area contributed by atoms with Gasteiger partial charge >= 0.3 is 0 Å². The fourth-order valence-corrected chi connectivity index (χ4v) is 4.85. The summed E-state index contributed by atoms with van der Waals surface area (Å²) in [5, 5.41) is 0. The van der Waals surface area contributed by atoms with Crippen molar-refractivity contribution in [2.75, 3.05) is 64.8 Å². The van der Waals surface area contributed by atoms with Crippen LogP contribution in [0.4, 0.5) is 5.82 Å². The average molecular weight is 493 g/mol. The number of fused-ring (bicyclic) bond motifs is 1. The minimum absolute atomic E-state index is 0.0123. The molecule has 36 heavy (non-hydrogen) atoms. The number of rotatable bonds is 9. The van der Waals surface area contributed by atoms with Gasteiger partial charge in [0.25, 0.3) is 11.8 Å². The number of carbonyl (C=O) groups excluding carboxylic acids is 2. The summed E-state index contributed by atoms with van der Waals surface area (Å²) < 4.78 is 7.36. The maximum atomic E-state index is 13.5. The van der Waals surface area contributed by atoms with Crippen molar-refractivity contribution in [2.45, 2.75) is 26.2 Å². The number of likely N-dealkylation sites (N-methyl/N-ethyl adjacent to an activating group) is 1. The molecule has 2 aliphatic rings. The van der Waals surface area contributed by atoms with Crippen LogP contribution in [0.2, 0.25) is 0 Å². The number of furan rings is 1. The normalized spacial score (nSPS) is 16.2. The van der Waals surface area contributed by atoms with E-state index in [1.807, 2.05) is 23.2 Å². The largest absolute Gasteiger partial charge is 0.459 e. The highest BCUT2D eigenvalue weighted by atomic mass is 16.3. The quantitative estimate of drug-likeness (QED) is 0.457. The standard InChI is InChI=1S/C27H36N6O3/c1-4-22-25(32(12-11-29(2)3)18-20-7-8-20)33-19-21(9-10-24(33)28-22)26(34)30-13-15-31(16-14-30)27(35)23-6-5-17-36-23/h5-6,9-10,17,19-20H,4,7-8,11-16,18H2,1-3H3. The summed E-state index contributed by atoms with van der Waals surface area (Å²) in [6.07, 6.45) is 6.87. The van der Waals surface area contributed by atoms with Gasteiger partial charge in [-0.25, -0.2) is 4.98 Å². The van der Waals surface area contributed by atoms with Gasteiger partial charge in [-0.1, -0.05) is 6.92 Å². The second-order valence-electron chi connectivity index (χ2n) is 10.1. The smallest absolute Gasteiger partial charge is 0.289 e. The highest BCUT2D eigenvalue weighted by molar-refractivity contribution is 5.95. The molecule has 1 saturated carbocycles. The molecule has 192 valence electrons. The zero-order valence-corrected chi connectivity index (χ0v) is 21.5. The molecule has 0 radical (unpaired) electrons. The summed E-state index contributed by atoms with van der Waals surface area (Å²) in [4.78, 5) is 39.2. The number of hydrogen-bond donors (Lipinski definition) is 0. The SMILES string of the molecule is CCc1nc2ccc(C(=O)N3CCN(C(=O)c4ccco4)CC3)cn2c1N(CCN(C)C)CC1CC1. The third-order valence-corrected chi connectivity index (χ3v) is 7.12. The van der Waals surface area contributed by atoms with Gasteiger partial charge in [0.15, 0.2) is 5.76 Å². The van der Waals surface area contributed by atoms with Crippen LogP contribution in [-0.4, -0.2) is 95.8 Å². The van der Waals surface area contributed by atoms with Crippen LogP contribution in [0.1, 0.15) is 46.4 Å². The van der Waals surface area contributed by atoms with Crippen molar-refractivity contribution in [1.29, 1.82) is 0 Å². The molecule has 9 nitrogen and oxygen atoms in total. The Balaban J connectivity index is 1.35. The molecule has 0 N–H and O–H groups in total. The number of nitrogens with zero attached hydrogens (tertiary/aromatic N) is 6. The van der Waals surface area contributed by atoms with Gasteiger partial charge in [0.2, 0.25) is 0 Å². The molecule has 0 aromatic carbocycles. The van der Waals surface area contributed by atoms with Crippen molar-refractivity contribution >= 4 is 23.3 Å². The van der Waals surface area contributed by atoms with E-state index in [1.165, 1.54) is 19.1 Å². The second-order valence-corrected chi connectivity index (χ2v) is 10.1. The Morgan fingerprint density at radius 3 is 2.36 bits per heavy atom. The van der Waals surface area contributed by atoms with E-state index in [2.05, 4.69) is 35.2 Å². The predicted molar refractivity (Wildman–Crippen MR) is 139 cm³/mol. The van der Waals surface area contributed by atoms with E-state index in [1.54, 1.807) is 17.0 Å². The topological polar surface area (TPSA) is 77.5 Å². The van der Waals surface area contributed by atoms with E-state index in [-0.39, 0.29) is 11.8 Å². The molecule has 3 aromatic rings. The van der Waals surface area contributed by atoms with Crippen LogP contribution in [0.5, 0.6) is 0 Å². The summed E-state index contributed by atoms with van der Waals surface area (Å²) in [5.74, 6) is 2.06. The summed E-state index contributed by atoms with van der Waals surface area (Å²) in [6, 6.07) is 7.21. The first-order chi connectivity index (χ1) is 17.4. The van der Waals surface area contributed by atoms with Crippen molar-refractivity contribution in [1.82, 2.24) is 24.1 Å². The molecular formula is C27H36N6O3. The zero-order valence-electron chi connectivity index (χ0n) is 21.5. The van der Waals surface area contributed by atoms with Gasteiger partial charge in [-0.3, -0.25) is 14.0 Å². The fraction of sp³-hybridized carbons (Fsp3) is 0.519. The number of anilines is 1. The van der Waals surface area contributed by atoms with Crippen LogP contribution in [0, 0.1) is 5.92 Å². The average Bonchev–Trinajstić information content (AvgIpc) is 3.39. The summed E-state index contributed by atoms with van der Waals surface area (Å²) in [7, 11) is 4.20. The van der Waals surface area contributed by atoms with E-state index in [4.69, 9.17) is 9.40 Å². The fourth-order valence-electron chi connectivity index (χ4n) is 4.85. The lowest BCUT2D eigenvalue weighted by Gasteiger charge is -2.34. The molecule has 0 bridgehead atoms. The lowest BCUT2D eigenvalue weighted by Crippen LogP contribution is -2.50. The molecule has 4 heterocycles. The minimum atomic E-state index is -0.128. The van der Waals surface area contributed by atoms with Gasteiger partial charge < -0.3 is 24.0 Å². The third-order valence-electron chi connectivity index (χ3n) is 7.12. The molecule has 9 heteroatoms. The molecule has 3 aromatic heterocycles. The second kappa shape index (κ2) is 10.3. The van der Waals surface area contributed by atoms with Gasteiger partial charge in [0.05, 0.1) is 17.5 Å². The number of aromatic nitrogens is 2. The zero-order chi connectivity index (χ0) is 25.2. The first-order valence-corrected chi connectivity index (χ1v) is 13.0. The number of carbonyl (C=O) groups is 2. The van der Waals surface area contributed by atoms with Crippen molar-refractivity contribution in [3.05, 3.63) is 53.7 Å². The van der Waals surface area contributed by atoms with E-state index in [0.29, 0.717) is 37.5 Å². The van der Waals surface area contributed by atoms with E-state index < -0.39 is 0 Å². The molecular weight excluding hydrogens is 456 g/mol. The lowest BCUT2D eigenvalue weighted by molar-refractivity contribution is 0.0518. The monoisotopic (exact) mass is 492 g/mol. The molecule has 0 spiro atoms. The van der Waals surface area contributed by atoms with Crippen LogP contribution in [0.15, 0.2) is 41.1 Å². The van der Waals surface area contributed by atoms with Gasteiger partial charge in [-0.05, 0) is 63.5 Å². The summed E-state index contributed by atoms with van der Waals surface area (Å²) >= 11 is 0. The highest BCUT2D eigenvalue weighted by Crippen LogP contribution is 2.33. The lowest BCUT2D eigenvalue weighted by atomic mass is 10.2. The third kappa shape index (κ3) is 5.11. The maximum Gasteiger partial charge on any atom is 0.289 e. The number of piperazine rings is 1. The number of amides is 2. The van der Waals surface area contributed by atoms with Crippen LogP contribution in [0.3, 0.4) is 0 Å². The van der Waals surface area contributed by atoms with Crippen molar-refractivity contribution < 1.29 is 14.0 Å². The first-order valence-electron chi connectivity index (χ1n) is 13.0. The molecule has 5 rings (SSSR count).